The average molecular weight is 588 g/mol. The Labute approximate surface area is 267 Å². The molecule has 0 amide bonds. The Kier molecular flexibility index (Phi) is 6.17. The van der Waals surface area contributed by atoms with E-state index in [4.69, 9.17) is 4.42 Å². The van der Waals surface area contributed by atoms with E-state index in [1.807, 2.05) is 0 Å². The number of anilines is 3. The van der Waals surface area contributed by atoms with Gasteiger partial charge in [0.1, 0.15) is 5.58 Å². The second-order valence-corrected chi connectivity index (χ2v) is 11.8. The highest BCUT2D eigenvalue weighted by molar-refractivity contribution is 6.20. The first-order valence-electron chi connectivity index (χ1n) is 15.7. The van der Waals surface area contributed by atoms with E-state index in [0.29, 0.717) is 0 Å². The van der Waals surface area contributed by atoms with E-state index in [0.717, 1.165) is 50.1 Å². The van der Waals surface area contributed by atoms with Crippen LogP contribution in [0.2, 0.25) is 0 Å². The van der Waals surface area contributed by atoms with Crippen molar-refractivity contribution in [1.82, 2.24) is 0 Å². The van der Waals surface area contributed by atoms with Crippen molar-refractivity contribution in [2.45, 2.75) is 0 Å². The monoisotopic (exact) mass is 587 g/mol. The molecule has 0 unspecified atom stereocenters. The Balaban J connectivity index is 1.30. The third-order valence-corrected chi connectivity index (χ3v) is 9.02. The molecule has 0 saturated heterocycles. The van der Waals surface area contributed by atoms with Crippen LogP contribution in [0.25, 0.3) is 65.7 Å². The Morgan fingerprint density at radius 2 is 0.957 bits per heavy atom. The minimum Gasteiger partial charge on any atom is -0.453 e. The lowest BCUT2D eigenvalue weighted by molar-refractivity contribution is 0.670. The first-order chi connectivity index (χ1) is 22.8. The van der Waals surface area contributed by atoms with E-state index >= 15 is 0 Å². The molecule has 0 atom stereocenters. The second-order valence-electron chi connectivity index (χ2n) is 11.8. The summed E-state index contributed by atoms with van der Waals surface area (Å²) in [5.74, 6) is 0. The number of nitrogens with zero attached hydrogens (tertiary/aromatic N) is 1. The van der Waals surface area contributed by atoms with E-state index in [1.165, 1.54) is 32.7 Å². The summed E-state index contributed by atoms with van der Waals surface area (Å²) in [6, 6.07) is 62.5. The number of hydrogen-bond donors (Lipinski definition) is 0. The molecule has 2 heteroatoms. The largest absolute Gasteiger partial charge is 0.453 e. The van der Waals surface area contributed by atoms with Gasteiger partial charge in [0.25, 0.3) is 0 Å². The number of furan rings is 1. The van der Waals surface area contributed by atoms with Crippen molar-refractivity contribution in [2.24, 2.45) is 0 Å². The lowest BCUT2D eigenvalue weighted by Crippen LogP contribution is -2.10. The fraction of sp³-hybridized carbons (Fsp3) is 0. The number of rotatable bonds is 5. The van der Waals surface area contributed by atoms with Crippen molar-refractivity contribution in [1.29, 1.82) is 0 Å². The summed E-state index contributed by atoms with van der Waals surface area (Å²) in [6.07, 6.45) is 0. The molecule has 1 heterocycles. The standard InChI is InChI=1S/C44H29NO/c1-3-12-30(13-4-1)32-24-26-37(27-25-32)45(36-17-5-2-6-18-36)41-21-11-20-39-40-29-34-16-9-10-19-38(34)42(44(40)46-43(39)41)35-23-22-31-14-7-8-15-33(31)28-35/h1-29H. The fourth-order valence-electron chi connectivity index (χ4n) is 6.83. The highest BCUT2D eigenvalue weighted by Gasteiger charge is 2.22. The molecule has 0 spiro atoms. The molecule has 2 nitrogen and oxygen atoms in total. The van der Waals surface area contributed by atoms with E-state index in [-0.39, 0.29) is 0 Å². The van der Waals surface area contributed by atoms with Gasteiger partial charge < -0.3 is 9.32 Å². The first kappa shape index (κ1) is 26.3. The quantitative estimate of drug-likeness (QED) is 0.199. The smallest absolute Gasteiger partial charge is 0.159 e. The minimum absolute atomic E-state index is 0.867. The Morgan fingerprint density at radius 3 is 1.76 bits per heavy atom. The molecule has 1 aromatic heterocycles. The van der Waals surface area contributed by atoms with Gasteiger partial charge >= 0.3 is 0 Å². The Bertz CT molecular complexity index is 2510. The van der Waals surface area contributed by atoms with Crippen LogP contribution in [-0.2, 0) is 0 Å². The summed E-state index contributed by atoms with van der Waals surface area (Å²) in [5.41, 5.74) is 9.58. The van der Waals surface area contributed by atoms with Crippen LogP contribution in [-0.4, -0.2) is 0 Å². The molecular formula is C44H29NO. The maximum Gasteiger partial charge on any atom is 0.159 e. The predicted octanol–water partition coefficient (Wildman–Crippen LogP) is 12.7. The van der Waals surface area contributed by atoms with Gasteiger partial charge in [0.2, 0.25) is 0 Å². The van der Waals surface area contributed by atoms with Crippen LogP contribution in [0.1, 0.15) is 0 Å². The molecule has 0 bridgehead atoms. The SMILES string of the molecule is c1ccc(-c2ccc(N(c3ccccc3)c3cccc4c3oc3c(-c5ccc6ccccc6c5)c5ccccc5cc34)cc2)cc1. The van der Waals surface area contributed by atoms with Crippen molar-refractivity contribution in [3.05, 3.63) is 176 Å². The minimum atomic E-state index is 0.867. The molecule has 9 rings (SSSR count). The lowest BCUT2D eigenvalue weighted by atomic mass is 9.94. The molecule has 8 aromatic carbocycles. The summed E-state index contributed by atoms with van der Waals surface area (Å²) in [6.45, 7) is 0. The molecule has 46 heavy (non-hydrogen) atoms. The van der Waals surface area contributed by atoms with Crippen molar-refractivity contribution in [2.75, 3.05) is 4.90 Å². The van der Waals surface area contributed by atoms with Crippen molar-refractivity contribution >= 4 is 60.5 Å². The third kappa shape index (κ3) is 4.35. The summed E-state index contributed by atoms with van der Waals surface area (Å²) < 4.78 is 7.06. The highest BCUT2D eigenvalue weighted by atomic mass is 16.3. The van der Waals surface area contributed by atoms with Gasteiger partial charge in [-0.05, 0) is 80.7 Å². The van der Waals surface area contributed by atoms with E-state index in [9.17, 15) is 0 Å². The van der Waals surface area contributed by atoms with Crippen molar-refractivity contribution in [3.63, 3.8) is 0 Å². The Hall–Kier alpha value is -6.12. The highest BCUT2D eigenvalue weighted by Crippen LogP contribution is 2.46. The predicted molar refractivity (Wildman–Crippen MR) is 194 cm³/mol. The van der Waals surface area contributed by atoms with Gasteiger partial charge in [-0.1, -0.05) is 133 Å². The molecule has 0 saturated carbocycles. The molecular weight excluding hydrogens is 558 g/mol. The summed E-state index contributed by atoms with van der Waals surface area (Å²) in [5, 5.41) is 7.04. The van der Waals surface area contributed by atoms with Gasteiger partial charge in [0.05, 0.1) is 5.69 Å². The van der Waals surface area contributed by atoms with Crippen LogP contribution in [0.3, 0.4) is 0 Å². The number of fused-ring (bicyclic) bond motifs is 5. The normalized spacial score (nSPS) is 11.5. The van der Waals surface area contributed by atoms with E-state index in [2.05, 4.69) is 181 Å². The molecule has 0 radical (unpaired) electrons. The second kappa shape index (κ2) is 10.8. The van der Waals surface area contributed by atoms with Gasteiger partial charge in [0.15, 0.2) is 5.58 Å². The van der Waals surface area contributed by atoms with Crippen molar-refractivity contribution in [3.8, 4) is 22.3 Å². The van der Waals surface area contributed by atoms with Gasteiger partial charge in [-0.15, -0.1) is 0 Å². The number of benzene rings is 8. The van der Waals surface area contributed by atoms with Gasteiger partial charge in [-0.25, -0.2) is 0 Å². The van der Waals surface area contributed by atoms with Crippen LogP contribution in [0.5, 0.6) is 0 Å². The van der Waals surface area contributed by atoms with E-state index in [1.54, 1.807) is 0 Å². The summed E-state index contributed by atoms with van der Waals surface area (Å²) >= 11 is 0. The zero-order chi connectivity index (χ0) is 30.5. The van der Waals surface area contributed by atoms with Crippen LogP contribution in [0.4, 0.5) is 17.1 Å². The summed E-state index contributed by atoms with van der Waals surface area (Å²) in [7, 11) is 0. The maximum atomic E-state index is 7.06. The number of para-hydroxylation sites is 2. The first-order valence-corrected chi connectivity index (χ1v) is 15.7. The molecule has 0 fully saturated rings. The van der Waals surface area contributed by atoms with Gasteiger partial charge in [-0.2, -0.15) is 0 Å². The van der Waals surface area contributed by atoms with Gasteiger partial charge in [-0.3, -0.25) is 0 Å². The van der Waals surface area contributed by atoms with Crippen LogP contribution in [0.15, 0.2) is 180 Å². The molecule has 216 valence electrons. The maximum absolute atomic E-state index is 7.06. The lowest BCUT2D eigenvalue weighted by Gasteiger charge is -2.25. The Morgan fingerprint density at radius 1 is 0.348 bits per heavy atom. The molecule has 0 aliphatic heterocycles. The summed E-state index contributed by atoms with van der Waals surface area (Å²) in [4.78, 5) is 2.30. The van der Waals surface area contributed by atoms with Crippen molar-refractivity contribution < 1.29 is 4.42 Å². The van der Waals surface area contributed by atoms with Gasteiger partial charge in [0, 0.05) is 27.7 Å². The zero-order valence-electron chi connectivity index (χ0n) is 25.1. The van der Waals surface area contributed by atoms with Crippen LogP contribution in [0, 0.1) is 0 Å². The number of hydrogen-bond acceptors (Lipinski definition) is 2. The zero-order valence-corrected chi connectivity index (χ0v) is 25.1. The van der Waals surface area contributed by atoms with E-state index < -0.39 is 0 Å². The average Bonchev–Trinajstić information content (AvgIpc) is 3.50. The molecule has 0 aliphatic carbocycles. The van der Waals surface area contributed by atoms with Crippen LogP contribution < -0.4 is 4.90 Å². The fourth-order valence-corrected chi connectivity index (χ4v) is 6.83. The molecule has 0 aliphatic rings. The molecule has 0 N–H and O–H groups in total. The van der Waals surface area contributed by atoms with Crippen LogP contribution >= 0.6 is 0 Å². The third-order valence-electron chi connectivity index (χ3n) is 9.02. The topological polar surface area (TPSA) is 16.4 Å². The molecule has 9 aromatic rings.